The molecule has 0 heterocycles. The fraction of sp³-hybridized carbons (Fsp3) is 0.417. The van der Waals surface area contributed by atoms with Crippen LogP contribution < -0.4 is 5.73 Å². The van der Waals surface area contributed by atoms with Gasteiger partial charge in [0.15, 0.2) is 5.78 Å². The quantitative estimate of drug-likeness (QED) is 0.803. The SMILES string of the molecule is CCC(CN)C(=O)c1c(F)ccc(C)c1F. The monoisotopic (exact) mass is 227 g/mol. The largest absolute Gasteiger partial charge is 0.330 e. The zero-order valence-electron chi connectivity index (χ0n) is 9.39. The highest BCUT2D eigenvalue weighted by Gasteiger charge is 2.24. The van der Waals surface area contributed by atoms with Crippen LogP contribution in [0.5, 0.6) is 0 Å². The Morgan fingerprint density at radius 3 is 2.56 bits per heavy atom. The maximum absolute atomic E-state index is 13.6. The van der Waals surface area contributed by atoms with E-state index >= 15 is 0 Å². The van der Waals surface area contributed by atoms with E-state index in [0.717, 1.165) is 6.07 Å². The van der Waals surface area contributed by atoms with Crippen LogP contribution in [0.3, 0.4) is 0 Å². The van der Waals surface area contributed by atoms with E-state index in [9.17, 15) is 13.6 Å². The number of rotatable bonds is 4. The van der Waals surface area contributed by atoms with Gasteiger partial charge in [0.2, 0.25) is 0 Å². The Bertz CT molecular complexity index is 400. The molecule has 0 aliphatic carbocycles. The summed E-state index contributed by atoms with van der Waals surface area (Å²) in [6, 6.07) is 2.42. The first-order chi connectivity index (χ1) is 7.52. The molecule has 1 atom stereocenters. The standard InChI is InChI=1S/C12H15F2NO/c1-3-8(6-15)12(16)10-9(13)5-4-7(2)11(10)14/h4-5,8H,3,6,15H2,1-2H3. The lowest BCUT2D eigenvalue weighted by Gasteiger charge is -2.13. The maximum Gasteiger partial charge on any atom is 0.173 e. The van der Waals surface area contributed by atoms with Crippen LogP contribution >= 0.6 is 0 Å². The number of carbonyl (C=O) groups is 1. The van der Waals surface area contributed by atoms with Crippen molar-refractivity contribution in [2.24, 2.45) is 11.7 Å². The average molecular weight is 227 g/mol. The number of ketones is 1. The number of aryl methyl sites for hydroxylation is 1. The van der Waals surface area contributed by atoms with Crippen molar-refractivity contribution in [3.8, 4) is 0 Å². The molecule has 0 spiro atoms. The lowest BCUT2D eigenvalue weighted by molar-refractivity contribution is 0.0912. The second-order valence-electron chi connectivity index (χ2n) is 3.76. The highest BCUT2D eigenvalue weighted by Crippen LogP contribution is 2.20. The van der Waals surface area contributed by atoms with Crippen molar-refractivity contribution in [2.75, 3.05) is 6.54 Å². The Morgan fingerprint density at radius 1 is 1.44 bits per heavy atom. The number of halogens is 2. The first-order valence-corrected chi connectivity index (χ1v) is 5.21. The average Bonchev–Trinajstić information content (AvgIpc) is 2.26. The van der Waals surface area contributed by atoms with Crippen molar-refractivity contribution in [3.63, 3.8) is 0 Å². The minimum absolute atomic E-state index is 0.0994. The summed E-state index contributed by atoms with van der Waals surface area (Å²) in [5.41, 5.74) is 5.19. The van der Waals surface area contributed by atoms with Crippen molar-refractivity contribution >= 4 is 5.78 Å². The third-order valence-electron chi connectivity index (χ3n) is 2.68. The fourth-order valence-electron chi connectivity index (χ4n) is 1.55. The Balaban J connectivity index is 3.22. The number of nitrogens with two attached hydrogens (primary N) is 1. The van der Waals surface area contributed by atoms with Gasteiger partial charge in [-0.05, 0) is 25.0 Å². The molecule has 16 heavy (non-hydrogen) atoms. The van der Waals surface area contributed by atoms with Crippen molar-refractivity contribution in [1.29, 1.82) is 0 Å². The number of Topliss-reactive ketones (excluding diaryl/α,β-unsaturated/α-hetero) is 1. The van der Waals surface area contributed by atoms with Gasteiger partial charge in [0, 0.05) is 12.5 Å². The Labute approximate surface area is 93.5 Å². The summed E-state index contributed by atoms with van der Waals surface area (Å²) in [6.07, 6.45) is 0.474. The highest BCUT2D eigenvalue weighted by molar-refractivity contribution is 5.98. The normalized spacial score (nSPS) is 12.6. The first kappa shape index (κ1) is 12.8. The second-order valence-corrected chi connectivity index (χ2v) is 3.76. The third-order valence-corrected chi connectivity index (χ3v) is 2.68. The molecule has 1 aromatic carbocycles. The molecule has 4 heteroatoms. The summed E-state index contributed by atoms with van der Waals surface area (Å²) >= 11 is 0. The van der Waals surface area contributed by atoms with Crippen LogP contribution in [0.15, 0.2) is 12.1 Å². The van der Waals surface area contributed by atoms with Crippen LogP contribution in [0.25, 0.3) is 0 Å². The number of benzene rings is 1. The second kappa shape index (κ2) is 5.16. The van der Waals surface area contributed by atoms with Crippen molar-refractivity contribution in [1.82, 2.24) is 0 Å². The van der Waals surface area contributed by atoms with Crippen molar-refractivity contribution < 1.29 is 13.6 Å². The Kier molecular flexibility index (Phi) is 4.12. The van der Waals surface area contributed by atoms with Crippen LogP contribution in [0.1, 0.15) is 29.3 Å². The first-order valence-electron chi connectivity index (χ1n) is 5.21. The van der Waals surface area contributed by atoms with Gasteiger partial charge >= 0.3 is 0 Å². The molecule has 0 aliphatic rings. The van der Waals surface area contributed by atoms with Gasteiger partial charge in [-0.3, -0.25) is 4.79 Å². The summed E-state index contributed by atoms with van der Waals surface area (Å²) in [4.78, 5) is 11.8. The van der Waals surface area contributed by atoms with E-state index < -0.39 is 28.9 Å². The summed E-state index contributed by atoms with van der Waals surface area (Å²) in [6.45, 7) is 3.36. The van der Waals surface area contributed by atoms with Crippen molar-refractivity contribution in [3.05, 3.63) is 34.9 Å². The van der Waals surface area contributed by atoms with Gasteiger partial charge in [0.1, 0.15) is 11.6 Å². The molecule has 0 saturated heterocycles. The molecular formula is C12H15F2NO. The predicted octanol–water partition coefficient (Wildman–Crippen LogP) is 2.44. The minimum Gasteiger partial charge on any atom is -0.330 e. The smallest absolute Gasteiger partial charge is 0.173 e. The molecule has 0 saturated carbocycles. The van der Waals surface area contributed by atoms with Crippen LogP contribution in [0.2, 0.25) is 0 Å². The maximum atomic E-state index is 13.6. The number of carbonyl (C=O) groups excluding carboxylic acids is 1. The summed E-state index contributed by atoms with van der Waals surface area (Å²) < 4.78 is 27.1. The molecule has 2 N–H and O–H groups in total. The lowest BCUT2D eigenvalue weighted by Crippen LogP contribution is -2.25. The molecule has 0 aliphatic heterocycles. The molecule has 1 rings (SSSR count). The van der Waals surface area contributed by atoms with Gasteiger partial charge in [-0.2, -0.15) is 0 Å². The van der Waals surface area contributed by atoms with E-state index in [1.807, 2.05) is 0 Å². The topological polar surface area (TPSA) is 43.1 Å². The molecule has 0 amide bonds. The van der Waals surface area contributed by atoms with Gasteiger partial charge in [-0.1, -0.05) is 13.0 Å². The zero-order chi connectivity index (χ0) is 12.3. The molecule has 1 aromatic rings. The molecule has 0 radical (unpaired) electrons. The summed E-state index contributed by atoms with van der Waals surface area (Å²) in [7, 11) is 0. The zero-order valence-corrected chi connectivity index (χ0v) is 9.39. The van der Waals surface area contributed by atoms with Crippen LogP contribution in [-0.4, -0.2) is 12.3 Å². The summed E-state index contributed by atoms with van der Waals surface area (Å²) in [5, 5.41) is 0. The molecule has 0 aromatic heterocycles. The van der Waals surface area contributed by atoms with E-state index in [4.69, 9.17) is 5.73 Å². The van der Waals surface area contributed by atoms with Gasteiger partial charge in [0.25, 0.3) is 0 Å². The van der Waals surface area contributed by atoms with E-state index in [1.165, 1.54) is 13.0 Å². The fourth-order valence-corrected chi connectivity index (χ4v) is 1.55. The molecule has 2 nitrogen and oxygen atoms in total. The highest BCUT2D eigenvalue weighted by atomic mass is 19.1. The van der Waals surface area contributed by atoms with Crippen LogP contribution in [0.4, 0.5) is 8.78 Å². The third kappa shape index (κ3) is 2.27. The van der Waals surface area contributed by atoms with E-state index in [-0.39, 0.29) is 12.1 Å². The van der Waals surface area contributed by atoms with Crippen molar-refractivity contribution in [2.45, 2.75) is 20.3 Å². The molecule has 88 valence electrons. The molecule has 1 unspecified atom stereocenters. The van der Waals surface area contributed by atoms with Gasteiger partial charge in [0.05, 0.1) is 5.56 Å². The number of hydrogen-bond donors (Lipinski definition) is 1. The van der Waals surface area contributed by atoms with Gasteiger partial charge in [-0.15, -0.1) is 0 Å². The minimum atomic E-state index is -0.819. The molecule has 0 bridgehead atoms. The van der Waals surface area contributed by atoms with E-state index in [0.29, 0.717) is 6.42 Å². The van der Waals surface area contributed by atoms with Crippen LogP contribution in [0, 0.1) is 24.5 Å². The lowest BCUT2D eigenvalue weighted by atomic mass is 9.93. The summed E-state index contributed by atoms with van der Waals surface area (Å²) in [5.74, 6) is -2.67. The molecule has 0 fully saturated rings. The molecular weight excluding hydrogens is 212 g/mol. The van der Waals surface area contributed by atoms with Gasteiger partial charge < -0.3 is 5.73 Å². The van der Waals surface area contributed by atoms with Crippen LogP contribution in [-0.2, 0) is 0 Å². The predicted molar refractivity (Wildman–Crippen MR) is 58.3 cm³/mol. The Hall–Kier alpha value is -1.29. The van der Waals surface area contributed by atoms with E-state index in [1.54, 1.807) is 6.92 Å². The van der Waals surface area contributed by atoms with E-state index in [2.05, 4.69) is 0 Å². The number of hydrogen-bond acceptors (Lipinski definition) is 2. The van der Waals surface area contributed by atoms with Gasteiger partial charge in [-0.25, -0.2) is 8.78 Å². The Morgan fingerprint density at radius 2 is 2.06 bits per heavy atom.